The van der Waals surface area contributed by atoms with E-state index in [1.165, 1.54) is 24.1 Å². The Balaban J connectivity index is 1.67. The third-order valence-corrected chi connectivity index (χ3v) is 7.35. The molecular formula is C19H24N2O3S. The molecule has 5 nitrogen and oxygen atoms in total. The van der Waals surface area contributed by atoms with Gasteiger partial charge in [0.25, 0.3) is 5.91 Å². The number of amides is 1. The number of fused-ring (bicyclic) bond motifs is 3. The first-order chi connectivity index (χ1) is 12.0. The zero-order chi connectivity index (χ0) is 17.6. The molecule has 1 fully saturated rings. The summed E-state index contributed by atoms with van der Waals surface area (Å²) in [6, 6.07) is 5.64. The number of sulfone groups is 1. The molecular weight excluding hydrogens is 336 g/mol. The van der Waals surface area contributed by atoms with Crippen LogP contribution in [0.4, 0.5) is 0 Å². The van der Waals surface area contributed by atoms with Crippen molar-refractivity contribution in [3.63, 3.8) is 0 Å². The molecule has 2 heterocycles. The van der Waals surface area contributed by atoms with Gasteiger partial charge in [0, 0.05) is 34.7 Å². The number of nitrogens with one attached hydrogen (secondary N) is 1. The molecule has 0 spiro atoms. The zero-order valence-electron chi connectivity index (χ0n) is 14.5. The number of aromatic nitrogens is 1. The topological polar surface area (TPSA) is 70.2 Å². The molecule has 2 aliphatic rings. The van der Waals surface area contributed by atoms with Gasteiger partial charge in [-0.15, -0.1) is 0 Å². The summed E-state index contributed by atoms with van der Waals surface area (Å²) in [4.78, 5) is 18.2. The minimum atomic E-state index is -3.00. The average molecular weight is 360 g/mol. The molecule has 0 radical (unpaired) electrons. The molecule has 1 aromatic carbocycles. The predicted octanol–water partition coefficient (Wildman–Crippen LogP) is 2.70. The number of rotatable bonds is 3. The van der Waals surface area contributed by atoms with Gasteiger partial charge in [0.1, 0.15) is 0 Å². The van der Waals surface area contributed by atoms with E-state index in [1.54, 1.807) is 4.90 Å². The predicted molar refractivity (Wildman–Crippen MR) is 98.7 cm³/mol. The number of aromatic amines is 1. The molecule has 2 aromatic rings. The standard InChI is InChI=1S/C19H24N2O3S/c1-2-21(14-9-10-25(23,24)12-14)19(22)13-7-8-18-16(11-13)15-5-3-4-6-17(15)20-18/h7-8,11,14,20H,2-6,9-10,12H2,1H3/t14-/m0/s1. The highest BCUT2D eigenvalue weighted by Crippen LogP contribution is 2.30. The number of hydrogen-bond acceptors (Lipinski definition) is 3. The van der Waals surface area contributed by atoms with Crippen LogP contribution in [0.15, 0.2) is 18.2 Å². The van der Waals surface area contributed by atoms with Gasteiger partial charge in [0.05, 0.1) is 11.5 Å². The third-order valence-electron chi connectivity index (χ3n) is 5.60. The lowest BCUT2D eigenvalue weighted by atomic mass is 9.95. The van der Waals surface area contributed by atoms with Crippen LogP contribution < -0.4 is 0 Å². The number of benzene rings is 1. The lowest BCUT2D eigenvalue weighted by Gasteiger charge is -2.27. The van der Waals surface area contributed by atoms with Crippen LogP contribution in [0.1, 0.15) is 47.8 Å². The highest BCUT2D eigenvalue weighted by atomic mass is 32.2. The van der Waals surface area contributed by atoms with Gasteiger partial charge in [0.2, 0.25) is 0 Å². The van der Waals surface area contributed by atoms with Crippen LogP contribution >= 0.6 is 0 Å². The van der Waals surface area contributed by atoms with Crippen molar-refractivity contribution in [3.05, 3.63) is 35.0 Å². The molecule has 134 valence electrons. The SMILES string of the molecule is CCN(C(=O)c1ccc2[nH]c3c(c2c1)CCCC3)[C@H]1CCS(=O)(=O)C1. The van der Waals surface area contributed by atoms with Crippen LogP contribution in [0.3, 0.4) is 0 Å². The van der Waals surface area contributed by atoms with E-state index >= 15 is 0 Å². The van der Waals surface area contributed by atoms with Crippen LogP contribution in [0, 0.1) is 0 Å². The van der Waals surface area contributed by atoms with E-state index in [2.05, 4.69) is 4.98 Å². The highest BCUT2D eigenvalue weighted by Gasteiger charge is 2.34. The maximum atomic E-state index is 13.0. The van der Waals surface area contributed by atoms with Crippen molar-refractivity contribution < 1.29 is 13.2 Å². The molecule has 1 aliphatic heterocycles. The van der Waals surface area contributed by atoms with E-state index in [4.69, 9.17) is 0 Å². The second kappa shape index (κ2) is 6.16. The van der Waals surface area contributed by atoms with Gasteiger partial charge in [-0.2, -0.15) is 0 Å². The van der Waals surface area contributed by atoms with Gasteiger partial charge in [-0.05, 0) is 62.8 Å². The number of aryl methyl sites for hydroxylation is 2. The summed E-state index contributed by atoms with van der Waals surface area (Å²) in [5.41, 5.74) is 4.41. The Morgan fingerprint density at radius 1 is 1.28 bits per heavy atom. The second-order valence-corrected chi connectivity index (χ2v) is 9.43. The third kappa shape index (κ3) is 2.97. The van der Waals surface area contributed by atoms with Gasteiger partial charge in [0.15, 0.2) is 9.84 Å². The maximum absolute atomic E-state index is 13.0. The molecule has 4 rings (SSSR count). The first-order valence-corrected chi connectivity index (χ1v) is 11.0. The van der Waals surface area contributed by atoms with Gasteiger partial charge in [-0.3, -0.25) is 4.79 Å². The molecule has 6 heteroatoms. The summed E-state index contributed by atoms with van der Waals surface area (Å²) in [7, 11) is -3.00. The molecule has 1 aliphatic carbocycles. The van der Waals surface area contributed by atoms with Crippen LogP contribution in [0.5, 0.6) is 0 Å². The van der Waals surface area contributed by atoms with Gasteiger partial charge in [-0.25, -0.2) is 8.42 Å². The molecule has 0 unspecified atom stereocenters. The summed E-state index contributed by atoms with van der Waals surface area (Å²) in [6.45, 7) is 2.45. The fourth-order valence-corrected chi connectivity index (χ4v) is 6.02. The van der Waals surface area contributed by atoms with Crippen molar-refractivity contribution in [2.45, 2.75) is 45.1 Å². The fourth-order valence-electron chi connectivity index (χ4n) is 4.29. The van der Waals surface area contributed by atoms with Crippen molar-refractivity contribution in [2.75, 3.05) is 18.1 Å². The van der Waals surface area contributed by atoms with Gasteiger partial charge in [-0.1, -0.05) is 0 Å². The molecule has 1 saturated heterocycles. The number of carbonyl (C=O) groups is 1. The van der Waals surface area contributed by atoms with E-state index < -0.39 is 9.84 Å². The first kappa shape index (κ1) is 16.6. The van der Waals surface area contributed by atoms with E-state index in [-0.39, 0.29) is 23.5 Å². The van der Waals surface area contributed by atoms with Crippen LogP contribution in [0.2, 0.25) is 0 Å². The van der Waals surface area contributed by atoms with Gasteiger partial charge < -0.3 is 9.88 Å². The highest BCUT2D eigenvalue weighted by molar-refractivity contribution is 7.91. The Hall–Kier alpha value is -1.82. The Kier molecular flexibility index (Phi) is 4.10. The Labute approximate surface area is 148 Å². The summed E-state index contributed by atoms with van der Waals surface area (Å²) in [5.74, 6) is 0.220. The van der Waals surface area contributed by atoms with E-state index in [9.17, 15) is 13.2 Å². The molecule has 25 heavy (non-hydrogen) atoms. The number of nitrogens with zero attached hydrogens (tertiary/aromatic N) is 1. The maximum Gasteiger partial charge on any atom is 0.254 e. The summed E-state index contributed by atoms with van der Waals surface area (Å²) in [6.07, 6.45) is 5.09. The van der Waals surface area contributed by atoms with Crippen molar-refractivity contribution >= 4 is 26.6 Å². The largest absolute Gasteiger partial charge is 0.358 e. The minimum Gasteiger partial charge on any atom is -0.358 e. The smallest absolute Gasteiger partial charge is 0.254 e. The summed E-state index contributed by atoms with van der Waals surface area (Å²) in [5, 5.41) is 1.15. The van der Waals surface area contributed by atoms with Crippen LogP contribution in [-0.2, 0) is 22.7 Å². The van der Waals surface area contributed by atoms with Crippen LogP contribution in [0.25, 0.3) is 10.9 Å². The summed E-state index contributed by atoms with van der Waals surface area (Å²) < 4.78 is 23.6. The van der Waals surface area contributed by atoms with Crippen molar-refractivity contribution in [3.8, 4) is 0 Å². The second-order valence-electron chi connectivity index (χ2n) is 7.20. The molecule has 0 saturated carbocycles. The van der Waals surface area contributed by atoms with Crippen molar-refractivity contribution in [2.24, 2.45) is 0 Å². The van der Waals surface area contributed by atoms with E-state index in [1.807, 2.05) is 25.1 Å². The normalized spacial score (nSPS) is 22.0. The average Bonchev–Trinajstić information content (AvgIpc) is 3.14. The fraction of sp³-hybridized carbons (Fsp3) is 0.526. The van der Waals surface area contributed by atoms with Crippen molar-refractivity contribution in [1.29, 1.82) is 0 Å². The number of carbonyl (C=O) groups excluding carboxylic acids is 1. The first-order valence-electron chi connectivity index (χ1n) is 9.13. The van der Waals surface area contributed by atoms with Gasteiger partial charge >= 0.3 is 0 Å². The summed E-state index contributed by atoms with van der Waals surface area (Å²) >= 11 is 0. The molecule has 1 atom stereocenters. The number of H-pyrrole nitrogens is 1. The van der Waals surface area contributed by atoms with Crippen molar-refractivity contribution in [1.82, 2.24) is 9.88 Å². The molecule has 1 amide bonds. The molecule has 1 aromatic heterocycles. The monoisotopic (exact) mass is 360 g/mol. The lowest BCUT2D eigenvalue weighted by molar-refractivity contribution is 0.0708. The van der Waals surface area contributed by atoms with E-state index in [0.29, 0.717) is 18.5 Å². The molecule has 1 N–H and O–H groups in total. The minimum absolute atomic E-state index is 0.0581. The Morgan fingerprint density at radius 3 is 2.80 bits per heavy atom. The number of hydrogen-bond donors (Lipinski definition) is 1. The zero-order valence-corrected chi connectivity index (χ0v) is 15.4. The lowest BCUT2D eigenvalue weighted by Crippen LogP contribution is -2.40. The van der Waals surface area contributed by atoms with Crippen LogP contribution in [-0.4, -0.2) is 48.3 Å². The Bertz CT molecular complexity index is 930. The van der Waals surface area contributed by atoms with E-state index in [0.717, 1.165) is 23.7 Å². The quantitative estimate of drug-likeness (QED) is 0.915. The Morgan fingerprint density at radius 2 is 2.08 bits per heavy atom. The molecule has 0 bridgehead atoms.